The summed E-state index contributed by atoms with van der Waals surface area (Å²) in [4.78, 5) is 0. The molecule has 0 radical (unpaired) electrons. The van der Waals surface area contributed by atoms with Gasteiger partial charge in [-0.15, -0.1) is 0 Å². The van der Waals surface area contributed by atoms with Crippen molar-refractivity contribution in [2.45, 2.75) is 19.3 Å². The molecule has 1 heterocycles. The summed E-state index contributed by atoms with van der Waals surface area (Å²) < 4.78 is 0. The van der Waals surface area contributed by atoms with Gasteiger partial charge in [-0.05, 0) is 34.0 Å². The first-order valence-electron chi connectivity index (χ1n) is 7.07. The maximum absolute atomic E-state index is 3.59. The highest BCUT2D eigenvalue weighted by Gasteiger charge is 2.33. The summed E-state index contributed by atoms with van der Waals surface area (Å²) in [6.07, 6.45) is 0. The number of rotatable bonds is 0. The zero-order valence-corrected chi connectivity index (χ0v) is 11.8. The summed E-state index contributed by atoms with van der Waals surface area (Å²) in [6.45, 7) is 4.63. The molecule has 0 unspecified atom stereocenters. The predicted octanol–water partition coefficient (Wildman–Crippen LogP) is 5.22. The zero-order chi connectivity index (χ0) is 13.7. The van der Waals surface area contributed by atoms with Crippen LogP contribution in [0.15, 0.2) is 60.7 Å². The van der Waals surface area contributed by atoms with E-state index in [1.165, 1.54) is 33.3 Å². The van der Waals surface area contributed by atoms with Gasteiger partial charge in [-0.1, -0.05) is 62.4 Å². The van der Waals surface area contributed by atoms with Crippen molar-refractivity contribution in [2.75, 3.05) is 5.32 Å². The lowest BCUT2D eigenvalue weighted by Crippen LogP contribution is -2.26. The number of hydrogen-bond donors (Lipinski definition) is 1. The van der Waals surface area contributed by atoms with Crippen LogP contribution in [0.2, 0.25) is 0 Å². The summed E-state index contributed by atoms with van der Waals surface area (Å²) in [5.74, 6) is 0. The van der Waals surface area contributed by atoms with Gasteiger partial charge < -0.3 is 5.32 Å². The molecule has 0 amide bonds. The molecule has 1 aliphatic heterocycles. The second kappa shape index (κ2) is 3.86. The van der Waals surface area contributed by atoms with Gasteiger partial charge in [0.2, 0.25) is 0 Å². The highest BCUT2D eigenvalue weighted by molar-refractivity contribution is 5.94. The lowest BCUT2D eigenvalue weighted by Gasteiger charge is -2.36. The fourth-order valence-corrected chi connectivity index (χ4v) is 3.47. The van der Waals surface area contributed by atoms with Crippen molar-refractivity contribution in [2.24, 2.45) is 0 Å². The highest BCUT2D eigenvalue weighted by Crippen LogP contribution is 2.47. The molecule has 3 aromatic carbocycles. The Labute approximate surface area is 119 Å². The molecule has 0 aliphatic carbocycles. The molecule has 0 bridgehead atoms. The van der Waals surface area contributed by atoms with Crippen LogP contribution in [0.25, 0.3) is 10.8 Å². The summed E-state index contributed by atoms with van der Waals surface area (Å²) in [5.41, 5.74) is 5.23. The topological polar surface area (TPSA) is 12.0 Å². The van der Waals surface area contributed by atoms with Gasteiger partial charge in [0.15, 0.2) is 0 Å². The molecule has 0 saturated carbocycles. The Morgan fingerprint density at radius 3 is 2.40 bits per heavy atom. The Kier molecular flexibility index (Phi) is 2.23. The maximum Gasteiger partial charge on any atom is 0.0432 e. The second-order valence-corrected chi connectivity index (χ2v) is 6.00. The largest absolute Gasteiger partial charge is 0.355 e. The van der Waals surface area contributed by atoms with E-state index in [0.29, 0.717) is 0 Å². The molecule has 1 aliphatic rings. The number of hydrogen-bond acceptors (Lipinski definition) is 1. The summed E-state index contributed by atoms with van der Waals surface area (Å²) in [6, 6.07) is 21.7. The molecule has 0 spiro atoms. The van der Waals surface area contributed by atoms with Crippen molar-refractivity contribution < 1.29 is 0 Å². The standard InChI is InChI=1S/C19H17N/c1-19(2)15-9-5-6-10-16(15)20-17-12-11-13-7-3-4-8-14(13)18(17)19/h3-12,20H,1-2H3. The van der Waals surface area contributed by atoms with Crippen LogP contribution in [0.5, 0.6) is 0 Å². The van der Waals surface area contributed by atoms with Gasteiger partial charge in [-0.2, -0.15) is 0 Å². The van der Waals surface area contributed by atoms with E-state index in [9.17, 15) is 0 Å². The Balaban J connectivity index is 2.10. The Bertz CT molecular complexity index is 815. The molecule has 0 saturated heterocycles. The molecule has 0 aromatic heterocycles. The van der Waals surface area contributed by atoms with E-state index in [0.717, 1.165) is 0 Å². The Hall–Kier alpha value is -2.28. The summed E-state index contributed by atoms with van der Waals surface area (Å²) in [5, 5.41) is 6.24. The van der Waals surface area contributed by atoms with Gasteiger partial charge in [-0.25, -0.2) is 0 Å². The van der Waals surface area contributed by atoms with Gasteiger partial charge in [0, 0.05) is 16.8 Å². The fraction of sp³-hybridized carbons (Fsp3) is 0.158. The van der Waals surface area contributed by atoms with Gasteiger partial charge in [0.25, 0.3) is 0 Å². The number of para-hydroxylation sites is 1. The second-order valence-electron chi connectivity index (χ2n) is 6.00. The van der Waals surface area contributed by atoms with Crippen molar-refractivity contribution in [1.29, 1.82) is 0 Å². The third-order valence-corrected chi connectivity index (χ3v) is 4.42. The average molecular weight is 259 g/mol. The zero-order valence-electron chi connectivity index (χ0n) is 11.8. The predicted molar refractivity (Wildman–Crippen MR) is 85.8 cm³/mol. The lowest BCUT2D eigenvalue weighted by molar-refractivity contribution is 0.644. The lowest BCUT2D eigenvalue weighted by atomic mass is 9.72. The van der Waals surface area contributed by atoms with Gasteiger partial charge in [0.1, 0.15) is 0 Å². The monoisotopic (exact) mass is 259 g/mol. The minimum atomic E-state index is 0.0119. The number of anilines is 2. The molecule has 1 nitrogen and oxygen atoms in total. The first-order valence-corrected chi connectivity index (χ1v) is 7.07. The van der Waals surface area contributed by atoms with Crippen LogP contribution >= 0.6 is 0 Å². The van der Waals surface area contributed by atoms with Crippen molar-refractivity contribution in [3.63, 3.8) is 0 Å². The van der Waals surface area contributed by atoms with E-state index in [1.54, 1.807) is 0 Å². The molecule has 1 heteroatoms. The molecular formula is C19H17N. The maximum atomic E-state index is 3.59. The van der Waals surface area contributed by atoms with E-state index in [-0.39, 0.29) is 5.41 Å². The molecule has 3 aromatic rings. The minimum Gasteiger partial charge on any atom is -0.355 e. The first kappa shape index (κ1) is 11.5. The van der Waals surface area contributed by atoms with Crippen LogP contribution in [0.1, 0.15) is 25.0 Å². The van der Waals surface area contributed by atoms with Crippen LogP contribution in [-0.4, -0.2) is 0 Å². The van der Waals surface area contributed by atoms with Gasteiger partial charge >= 0.3 is 0 Å². The molecule has 20 heavy (non-hydrogen) atoms. The number of benzene rings is 3. The molecule has 98 valence electrons. The third-order valence-electron chi connectivity index (χ3n) is 4.42. The first-order chi connectivity index (χ1) is 9.68. The normalized spacial score (nSPS) is 15.3. The molecule has 1 N–H and O–H groups in total. The van der Waals surface area contributed by atoms with E-state index >= 15 is 0 Å². The van der Waals surface area contributed by atoms with E-state index in [4.69, 9.17) is 0 Å². The van der Waals surface area contributed by atoms with Crippen molar-refractivity contribution in [3.05, 3.63) is 71.8 Å². The van der Waals surface area contributed by atoms with E-state index in [2.05, 4.69) is 79.8 Å². The van der Waals surface area contributed by atoms with Crippen molar-refractivity contribution >= 4 is 22.1 Å². The van der Waals surface area contributed by atoms with E-state index in [1.807, 2.05) is 0 Å². The molecule has 0 fully saturated rings. The van der Waals surface area contributed by atoms with Gasteiger partial charge in [-0.3, -0.25) is 0 Å². The summed E-state index contributed by atoms with van der Waals surface area (Å²) in [7, 11) is 0. The molecule has 0 atom stereocenters. The van der Waals surface area contributed by atoms with Crippen LogP contribution in [0.3, 0.4) is 0 Å². The van der Waals surface area contributed by atoms with Crippen LogP contribution in [0.4, 0.5) is 11.4 Å². The minimum absolute atomic E-state index is 0.0119. The van der Waals surface area contributed by atoms with Crippen molar-refractivity contribution in [1.82, 2.24) is 0 Å². The van der Waals surface area contributed by atoms with Crippen molar-refractivity contribution in [3.8, 4) is 0 Å². The van der Waals surface area contributed by atoms with Crippen LogP contribution in [-0.2, 0) is 5.41 Å². The van der Waals surface area contributed by atoms with Crippen LogP contribution < -0.4 is 5.32 Å². The smallest absolute Gasteiger partial charge is 0.0432 e. The fourth-order valence-electron chi connectivity index (χ4n) is 3.47. The molecular weight excluding hydrogens is 242 g/mol. The average Bonchev–Trinajstić information content (AvgIpc) is 2.46. The summed E-state index contributed by atoms with van der Waals surface area (Å²) >= 11 is 0. The quantitative estimate of drug-likeness (QED) is 0.583. The SMILES string of the molecule is CC1(C)c2ccccc2Nc2ccc3ccccc3c21. The molecule has 4 rings (SSSR count). The van der Waals surface area contributed by atoms with E-state index < -0.39 is 0 Å². The van der Waals surface area contributed by atoms with Gasteiger partial charge in [0.05, 0.1) is 0 Å². The van der Waals surface area contributed by atoms with Crippen LogP contribution in [0, 0.1) is 0 Å². The highest BCUT2D eigenvalue weighted by atomic mass is 14.9. The number of fused-ring (bicyclic) bond motifs is 4. The Morgan fingerprint density at radius 1 is 0.750 bits per heavy atom. The Morgan fingerprint density at radius 2 is 1.50 bits per heavy atom. The number of nitrogens with one attached hydrogen (secondary N) is 1. The third kappa shape index (κ3) is 1.44.